The maximum Gasteiger partial charge on any atom is 0.251 e. The summed E-state index contributed by atoms with van der Waals surface area (Å²) < 4.78 is 5.24. The van der Waals surface area contributed by atoms with E-state index in [1.54, 1.807) is 0 Å². The van der Waals surface area contributed by atoms with Crippen LogP contribution in [0, 0.1) is 13.8 Å². The summed E-state index contributed by atoms with van der Waals surface area (Å²) in [6, 6.07) is 15.6. The summed E-state index contributed by atoms with van der Waals surface area (Å²) in [5, 5.41) is 6.75. The van der Waals surface area contributed by atoms with Crippen molar-refractivity contribution in [2.24, 2.45) is 0 Å². The predicted octanol–water partition coefficient (Wildman–Crippen LogP) is 3.21. The molecule has 122 valence electrons. The van der Waals surface area contributed by atoms with E-state index in [1.807, 2.05) is 62.4 Å². The van der Waals surface area contributed by atoms with Gasteiger partial charge in [-0.25, -0.2) is 0 Å². The van der Waals surface area contributed by atoms with Crippen LogP contribution in [-0.2, 0) is 13.0 Å². The number of carbonyl (C=O) groups excluding carboxylic acids is 1. The van der Waals surface area contributed by atoms with Crippen LogP contribution in [0.15, 0.2) is 53.1 Å². The van der Waals surface area contributed by atoms with Crippen molar-refractivity contribution in [3.05, 3.63) is 82.5 Å². The first-order chi connectivity index (χ1) is 11.6. The molecule has 0 aliphatic heterocycles. The summed E-state index contributed by atoms with van der Waals surface area (Å²) in [4.78, 5) is 16.6. The molecule has 1 N–H and O–H groups in total. The van der Waals surface area contributed by atoms with E-state index in [4.69, 9.17) is 4.52 Å². The summed E-state index contributed by atoms with van der Waals surface area (Å²) in [5.41, 5.74) is 3.84. The minimum atomic E-state index is -0.134. The highest BCUT2D eigenvalue weighted by atomic mass is 16.5. The molecule has 0 aliphatic carbocycles. The zero-order chi connectivity index (χ0) is 16.9. The normalized spacial score (nSPS) is 10.6. The van der Waals surface area contributed by atoms with Crippen molar-refractivity contribution in [3.8, 4) is 0 Å². The largest absolute Gasteiger partial charge is 0.345 e. The fourth-order valence-electron chi connectivity index (χ4n) is 2.46. The average Bonchev–Trinajstić information content (AvgIpc) is 3.03. The quantitative estimate of drug-likeness (QED) is 0.783. The lowest BCUT2D eigenvalue weighted by Crippen LogP contribution is -2.24. The topological polar surface area (TPSA) is 68.0 Å². The summed E-state index contributed by atoms with van der Waals surface area (Å²) >= 11 is 0. The molecule has 0 spiro atoms. The van der Waals surface area contributed by atoms with Crippen LogP contribution in [0.5, 0.6) is 0 Å². The van der Waals surface area contributed by atoms with Gasteiger partial charge >= 0.3 is 0 Å². The SMILES string of the molecule is Cc1cccc(C(=O)NCc2noc(Cc3ccccc3)n2)c1C. The van der Waals surface area contributed by atoms with Gasteiger partial charge in [-0.15, -0.1) is 0 Å². The smallest absolute Gasteiger partial charge is 0.251 e. The molecule has 5 heteroatoms. The van der Waals surface area contributed by atoms with Crippen molar-refractivity contribution in [3.63, 3.8) is 0 Å². The monoisotopic (exact) mass is 321 g/mol. The van der Waals surface area contributed by atoms with Gasteiger partial charge in [0.05, 0.1) is 13.0 Å². The highest BCUT2D eigenvalue weighted by Crippen LogP contribution is 2.13. The van der Waals surface area contributed by atoms with Crippen molar-refractivity contribution in [2.45, 2.75) is 26.8 Å². The Labute approximate surface area is 140 Å². The molecule has 0 aliphatic rings. The van der Waals surface area contributed by atoms with Gasteiger partial charge in [0, 0.05) is 5.56 Å². The highest BCUT2D eigenvalue weighted by molar-refractivity contribution is 5.95. The molecule has 5 nitrogen and oxygen atoms in total. The molecule has 3 aromatic rings. The molecule has 3 rings (SSSR count). The maximum absolute atomic E-state index is 12.3. The van der Waals surface area contributed by atoms with Gasteiger partial charge in [-0.05, 0) is 36.6 Å². The van der Waals surface area contributed by atoms with E-state index in [0.717, 1.165) is 16.7 Å². The number of carbonyl (C=O) groups is 1. The first-order valence-corrected chi connectivity index (χ1v) is 7.83. The third kappa shape index (κ3) is 3.68. The van der Waals surface area contributed by atoms with Gasteiger partial charge in [0.15, 0.2) is 5.82 Å². The summed E-state index contributed by atoms with van der Waals surface area (Å²) in [5.74, 6) is 0.877. The van der Waals surface area contributed by atoms with E-state index in [0.29, 0.717) is 23.7 Å². The number of benzene rings is 2. The number of hydrogen-bond acceptors (Lipinski definition) is 4. The maximum atomic E-state index is 12.3. The first kappa shape index (κ1) is 15.9. The number of aryl methyl sites for hydroxylation is 1. The lowest BCUT2D eigenvalue weighted by atomic mass is 10.0. The fourth-order valence-corrected chi connectivity index (χ4v) is 2.46. The van der Waals surface area contributed by atoms with Gasteiger partial charge in [0.1, 0.15) is 0 Å². The summed E-state index contributed by atoms with van der Waals surface area (Å²) in [7, 11) is 0. The van der Waals surface area contributed by atoms with E-state index >= 15 is 0 Å². The molecule has 1 aromatic heterocycles. The highest BCUT2D eigenvalue weighted by Gasteiger charge is 2.12. The summed E-state index contributed by atoms with van der Waals surface area (Å²) in [6.07, 6.45) is 0.582. The first-order valence-electron chi connectivity index (χ1n) is 7.83. The van der Waals surface area contributed by atoms with Crippen LogP contribution in [0.1, 0.15) is 38.8 Å². The van der Waals surface area contributed by atoms with Crippen molar-refractivity contribution in [1.82, 2.24) is 15.5 Å². The molecule has 0 bridgehead atoms. The van der Waals surface area contributed by atoms with Crippen LogP contribution in [-0.4, -0.2) is 16.0 Å². The Balaban J connectivity index is 1.61. The average molecular weight is 321 g/mol. The number of hydrogen-bond donors (Lipinski definition) is 1. The molecule has 0 atom stereocenters. The number of nitrogens with one attached hydrogen (secondary N) is 1. The molecule has 24 heavy (non-hydrogen) atoms. The lowest BCUT2D eigenvalue weighted by molar-refractivity contribution is 0.0949. The number of aromatic nitrogens is 2. The van der Waals surface area contributed by atoms with Crippen LogP contribution < -0.4 is 5.32 Å². The molecule has 1 amide bonds. The second kappa shape index (κ2) is 7.08. The van der Waals surface area contributed by atoms with E-state index in [2.05, 4.69) is 15.5 Å². The number of rotatable bonds is 5. The van der Waals surface area contributed by atoms with Gasteiger partial charge in [-0.2, -0.15) is 4.98 Å². The minimum Gasteiger partial charge on any atom is -0.345 e. The Morgan fingerprint density at radius 3 is 2.67 bits per heavy atom. The van der Waals surface area contributed by atoms with Crippen LogP contribution in [0.4, 0.5) is 0 Å². The lowest BCUT2D eigenvalue weighted by Gasteiger charge is -2.08. The van der Waals surface area contributed by atoms with E-state index in [1.165, 1.54) is 0 Å². The van der Waals surface area contributed by atoms with E-state index in [-0.39, 0.29) is 12.5 Å². The van der Waals surface area contributed by atoms with Crippen molar-refractivity contribution >= 4 is 5.91 Å². The molecule has 2 aromatic carbocycles. The molecule has 0 radical (unpaired) electrons. The third-order valence-electron chi connectivity index (χ3n) is 3.96. The Morgan fingerprint density at radius 1 is 1.08 bits per heavy atom. The van der Waals surface area contributed by atoms with Crippen LogP contribution in [0.25, 0.3) is 0 Å². The van der Waals surface area contributed by atoms with Gasteiger partial charge < -0.3 is 9.84 Å². The third-order valence-corrected chi connectivity index (χ3v) is 3.96. The molecule has 0 unspecified atom stereocenters. The number of nitrogens with zero attached hydrogens (tertiary/aromatic N) is 2. The van der Waals surface area contributed by atoms with Crippen LogP contribution >= 0.6 is 0 Å². The molecule has 0 fully saturated rings. The Morgan fingerprint density at radius 2 is 1.88 bits per heavy atom. The predicted molar refractivity (Wildman–Crippen MR) is 90.6 cm³/mol. The molecule has 0 saturated heterocycles. The Bertz CT molecular complexity index is 841. The zero-order valence-electron chi connectivity index (χ0n) is 13.7. The van der Waals surface area contributed by atoms with Crippen LogP contribution in [0.3, 0.4) is 0 Å². The van der Waals surface area contributed by atoms with Crippen molar-refractivity contribution < 1.29 is 9.32 Å². The van der Waals surface area contributed by atoms with E-state index in [9.17, 15) is 4.79 Å². The standard InChI is InChI=1S/C19H19N3O2/c1-13-7-6-10-16(14(13)2)19(23)20-12-17-21-18(24-22-17)11-15-8-4-3-5-9-15/h3-10H,11-12H2,1-2H3,(H,20,23). The fraction of sp³-hybridized carbons (Fsp3) is 0.211. The van der Waals surface area contributed by atoms with Gasteiger partial charge in [0.25, 0.3) is 5.91 Å². The summed E-state index contributed by atoms with van der Waals surface area (Å²) in [6.45, 7) is 4.17. The zero-order valence-corrected chi connectivity index (χ0v) is 13.7. The second-order valence-corrected chi connectivity index (χ2v) is 5.70. The van der Waals surface area contributed by atoms with Gasteiger partial charge in [-0.1, -0.05) is 47.6 Å². The van der Waals surface area contributed by atoms with Crippen molar-refractivity contribution in [2.75, 3.05) is 0 Å². The Hall–Kier alpha value is -2.95. The molecular formula is C19H19N3O2. The molecule has 1 heterocycles. The van der Waals surface area contributed by atoms with Gasteiger partial charge in [-0.3, -0.25) is 4.79 Å². The second-order valence-electron chi connectivity index (χ2n) is 5.70. The molecular weight excluding hydrogens is 302 g/mol. The minimum absolute atomic E-state index is 0.134. The molecule has 0 saturated carbocycles. The number of amides is 1. The van der Waals surface area contributed by atoms with Gasteiger partial charge in [0.2, 0.25) is 5.89 Å². The van der Waals surface area contributed by atoms with Crippen molar-refractivity contribution in [1.29, 1.82) is 0 Å². The van der Waals surface area contributed by atoms with Crippen LogP contribution in [0.2, 0.25) is 0 Å². The van der Waals surface area contributed by atoms with E-state index < -0.39 is 0 Å². The Kier molecular flexibility index (Phi) is 4.70.